The van der Waals surface area contributed by atoms with Crippen molar-refractivity contribution < 1.29 is 14.3 Å². The average molecular weight is 248 g/mol. The molecule has 1 heterocycles. The molecule has 0 spiro atoms. The van der Waals surface area contributed by atoms with Crippen LogP contribution >= 0.6 is 0 Å². The predicted octanol–water partition coefficient (Wildman–Crippen LogP) is 2.23. The van der Waals surface area contributed by atoms with Gasteiger partial charge in [-0.2, -0.15) is 0 Å². The van der Waals surface area contributed by atoms with E-state index < -0.39 is 6.09 Å². The smallest absolute Gasteiger partial charge is 0.416 e. The van der Waals surface area contributed by atoms with Crippen molar-refractivity contribution in [1.82, 2.24) is 4.90 Å². The van der Waals surface area contributed by atoms with E-state index in [0.29, 0.717) is 6.42 Å². The minimum atomic E-state index is -0.519. The molecule has 1 saturated heterocycles. The first-order chi connectivity index (χ1) is 8.59. The molecule has 1 aromatic rings. The number of ether oxygens (including phenoxy) is 1. The molecule has 0 aromatic heterocycles. The van der Waals surface area contributed by atoms with E-state index in [1.165, 1.54) is 4.90 Å². The average Bonchev–Trinajstić information content (AvgIpc) is 2.71. The quantitative estimate of drug-likeness (QED) is 0.771. The second-order valence-corrected chi connectivity index (χ2v) is 4.78. The highest BCUT2D eigenvalue weighted by Crippen LogP contribution is 2.19. The van der Waals surface area contributed by atoms with Crippen LogP contribution in [-0.2, 0) is 16.0 Å². The highest BCUT2D eigenvalue weighted by atomic mass is 16.6. The summed E-state index contributed by atoms with van der Waals surface area (Å²) in [5.41, 5.74) is 1.10. The Bertz CT molecular complexity index is 442. The van der Waals surface area contributed by atoms with Crippen molar-refractivity contribution in [3.8, 4) is 0 Å². The number of hydrogen-bond donors (Lipinski definition) is 0. The van der Waals surface area contributed by atoms with Gasteiger partial charge in [0.25, 0.3) is 0 Å². The molecule has 2 rings (SSSR count). The first-order valence-corrected chi connectivity index (χ1v) is 6.13. The van der Waals surface area contributed by atoms with Gasteiger partial charge < -0.3 is 4.74 Å². The van der Waals surface area contributed by atoms with Crippen molar-refractivity contribution in [3.63, 3.8) is 0 Å². The molecule has 1 aliphatic heterocycles. The van der Waals surface area contributed by atoms with Gasteiger partial charge in [0.1, 0.15) is 6.61 Å². The molecule has 96 valence electrons. The zero-order valence-electron chi connectivity index (χ0n) is 10.6. The summed E-state index contributed by atoms with van der Waals surface area (Å²) >= 11 is 0. The summed E-state index contributed by atoms with van der Waals surface area (Å²) in [7, 11) is 0. The molecule has 0 aliphatic carbocycles. The van der Waals surface area contributed by atoms with Crippen LogP contribution in [0.5, 0.6) is 0 Å². The molecule has 1 unspecified atom stereocenters. The maximum absolute atomic E-state index is 12.0. The largest absolute Gasteiger partial charge is 0.447 e. The minimum absolute atomic E-state index is 0.168. The molecule has 4 heteroatoms. The Morgan fingerprint density at radius 3 is 2.67 bits per heavy atom. The summed E-state index contributed by atoms with van der Waals surface area (Å²) < 4.78 is 4.99. The van der Waals surface area contributed by atoms with Crippen molar-refractivity contribution in [2.75, 3.05) is 6.61 Å². The monoisotopic (exact) mass is 248 g/mol. The molecule has 0 saturated carbocycles. The summed E-state index contributed by atoms with van der Waals surface area (Å²) in [4.78, 5) is 24.8. The molecule has 4 nitrogen and oxygen atoms in total. The molecule has 1 fully saturated rings. The van der Waals surface area contributed by atoms with Crippen LogP contribution < -0.4 is 0 Å². The van der Waals surface area contributed by atoms with Crippen LogP contribution in [0.2, 0.25) is 0 Å². The van der Waals surface area contributed by atoms with E-state index in [2.05, 4.69) is 0 Å². The highest BCUT2D eigenvalue weighted by molar-refractivity contribution is 5.94. The maximum atomic E-state index is 12.0. The van der Waals surface area contributed by atoms with Gasteiger partial charge in [0.15, 0.2) is 0 Å². The molecule has 2 atom stereocenters. The Balaban J connectivity index is 2.12. The lowest BCUT2D eigenvalue weighted by Crippen LogP contribution is -2.42. The van der Waals surface area contributed by atoms with E-state index in [-0.39, 0.29) is 24.5 Å². The van der Waals surface area contributed by atoms with Gasteiger partial charge in [-0.25, -0.2) is 9.69 Å². The van der Waals surface area contributed by atoms with Gasteiger partial charge in [0, 0.05) is 5.92 Å². The lowest BCUT2D eigenvalue weighted by atomic mass is 10.1. The van der Waals surface area contributed by atoms with E-state index in [9.17, 15) is 9.59 Å². The zero-order valence-corrected chi connectivity index (χ0v) is 10.6. The van der Waals surface area contributed by atoms with E-state index >= 15 is 0 Å². The summed E-state index contributed by atoms with van der Waals surface area (Å²) in [6.45, 7) is 3.85. The SMILES string of the molecule is CC([13CH3])C(=O)N1C(=O)OC[C@@H]1Cc1ccccc1. The number of amides is 2. The van der Waals surface area contributed by atoms with Crippen LogP contribution in [0.25, 0.3) is 0 Å². The molecule has 0 bridgehead atoms. The molecule has 2 amide bonds. The zero-order chi connectivity index (χ0) is 13.1. The Hall–Kier alpha value is -1.84. The minimum Gasteiger partial charge on any atom is -0.447 e. The van der Waals surface area contributed by atoms with Gasteiger partial charge in [-0.15, -0.1) is 0 Å². The predicted molar refractivity (Wildman–Crippen MR) is 67.0 cm³/mol. The van der Waals surface area contributed by atoms with Crippen LogP contribution in [0.15, 0.2) is 30.3 Å². The standard InChI is InChI=1S/C14H17NO3/c1-10(2)13(16)15-12(9-18-14(15)17)8-11-6-4-3-5-7-11/h3-7,10,12H,8-9H2,1-2H3/t12-/m0/s1/i1+1/t10?,12-. The van der Waals surface area contributed by atoms with Gasteiger partial charge in [0.05, 0.1) is 6.04 Å². The van der Waals surface area contributed by atoms with E-state index in [1.54, 1.807) is 13.8 Å². The third kappa shape index (κ3) is 2.53. The Morgan fingerprint density at radius 2 is 2.06 bits per heavy atom. The fourth-order valence-electron chi connectivity index (χ4n) is 2.05. The second kappa shape index (κ2) is 5.21. The fraction of sp³-hybridized carbons (Fsp3) is 0.429. The number of carbonyl (C=O) groups is 2. The van der Waals surface area contributed by atoms with Crippen molar-refractivity contribution in [2.45, 2.75) is 26.3 Å². The first kappa shape index (κ1) is 12.6. The first-order valence-electron chi connectivity index (χ1n) is 6.13. The number of hydrogen-bond acceptors (Lipinski definition) is 3. The number of nitrogens with zero attached hydrogens (tertiary/aromatic N) is 1. The van der Waals surface area contributed by atoms with Crippen LogP contribution in [-0.4, -0.2) is 29.5 Å². The van der Waals surface area contributed by atoms with Crippen LogP contribution in [0.4, 0.5) is 4.79 Å². The molecule has 0 radical (unpaired) electrons. The van der Waals surface area contributed by atoms with E-state index in [4.69, 9.17) is 4.74 Å². The van der Waals surface area contributed by atoms with E-state index in [0.717, 1.165) is 5.56 Å². The second-order valence-electron chi connectivity index (χ2n) is 4.78. The molecule has 18 heavy (non-hydrogen) atoms. The summed E-state index contributed by atoms with van der Waals surface area (Å²) in [5, 5.41) is 0. The summed E-state index contributed by atoms with van der Waals surface area (Å²) in [6, 6.07) is 9.62. The highest BCUT2D eigenvalue weighted by Gasteiger charge is 2.38. The Morgan fingerprint density at radius 1 is 1.39 bits per heavy atom. The van der Waals surface area contributed by atoms with Crippen molar-refractivity contribution in [1.29, 1.82) is 0 Å². The number of rotatable bonds is 3. The number of carbonyl (C=O) groups excluding carboxylic acids is 2. The topological polar surface area (TPSA) is 46.6 Å². The third-order valence-electron chi connectivity index (χ3n) is 3.01. The fourth-order valence-corrected chi connectivity index (χ4v) is 2.05. The Labute approximate surface area is 107 Å². The molecule has 1 aromatic carbocycles. The van der Waals surface area contributed by atoms with Crippen molar-refractivity contribution in [3.05, 3.63) is 35.9 Å². The maximum Gasteiger partial charge on any atom is 0.416 e. The normalized spacial score (nSPS) is 20.7. The van der Waals surface area contributed by atoms with Crippen LogP contribution in [0.1, 0.15) is 19.4 Å². The van der Waals surface area contributed by atoms with Crippen molar-refractivity contribution in [2.24, 2.45) is 5.92 Å². The van der Waals surface area contributed by atoms with Crippen LogP contribution in [0.3, 0.4) is 0 Å². The number of benzene rings is 1. The molecule has 1 aliphatic rings. The lowest BCUT2D eigenvalue weighted by Gasteiger charge is -2.21. The molecular formula is C14H17NO3. The van der Waals surface area contributed by atoms with Gasteiger partial charge in [-0.3, -0.25) is 4.79 Å². The Kier molecular flexibility index (Phi) is 3.65. The van der Waals surface area contributed by atoms with Gasteiger partial charge in [0.2, 0.25) is 5.91 Å². The number of imide groups is 1. The summed E-state index contributed by atoms with van der Waals surface area (Å²) in [6.07, 6.45) is 0.125. The summed E-state index contributed by atoms with van der Waals surface area (Å²) in [5.74, 6) is -0.368. The van der Waals surface area contributed by atoms with Crippen molar-refractivity contribution >= 4 is 12.0 Å². The van der Waals surface area contributed by atoms with Gasteiger partial charge >= 0.3 is 6.09 Å². The number of cyclic esters (lactones) is 1. The van der Waals surface area contributed by atoms with Gasteiger partial charge in [-0.1, -0.05) is 44.2 Å². The molecule has 0 N–H and O–H groups in total. The lowest BCUT2D eigenvalue weighted by molar-refractivity contribution is -0.132. The third-order valence-corrected chi connectivity index (χ3v) is 3.01. The molecular weight excluding hydrogens is 231 g/mol. The van der Waals surface area contributed by atoms with E-state index in [1.807, 2.05) is 30.3 Å². The van der Waals surface area contributed by atoms with Crippen LogP contribution in [0, 0.1) is 5.92 Å². The van der Waals surface area contributed by atoms with Gasteiger partial charge in [-0.05, 0) is 12.0 Å².